The Balaban J connectivity index is 2.45. The summed E-state index contributed by atoms with van der Waals surface area (Å²) < 4.78 is 46.9. The van der Waals surface area contributed by atoms with Crippen molar-refractivity contribution in [2.24, 2.45) is 5.92 Å². The van der Waals surface area contributed by atoms with E-state index in [2.05, 4.69) is 4.90 Å². The van der Waals surface area contributed by atoms with Gasteiger partial charge < -0.3 is 4.90 Å². The Morgan fingerprint density at radius 3 is 2.05 bits per heavy atom. The first-order valence-corrected chi connectivity index (χ1v) is 10.7. The van der Waals surface area contributed by atoms with E-state index in [1.807, 2.05) is 14.0 Å². The summed E-state index contributed by atoms with van der Waals surface area (Å²) in [6.45, 7) is 3.75. The van der Waals surface area contributed by atoms with E-state index in [1.54, 1.807) is 0 Å². The highest BCUT2D eigenvalue weighted by atomic mass is 32.2. The molecular weight excluding hydrogens is 300 g/mol. The zero-order valence-corrected chi connectivity index (χ0v) is 14.4. The lowest BCUT2D eigenvalue weighted by molar-refractivity contribution is 0.155. The maximum absolute atomic E-state index is 11.4. The fourth-order valence-corrected chi connectivity index (χ4v) is 4.84. The van der Waals surface area contributed by atoms with Crippen molar-refractivity contribution in [2.45, 2.75) is 25.8 Å². The largest absolute Gasteiger partial charge is 0.303 e. The lowest BCUT2D eigenvalue weighted by Crippen LogP contribution is -2.46. The van der Waals surface area contributed by atoms with Crippen LogP contribution in [0.3, 0.4) is 0 Å². The van der Waals surface area contributed by atoms with Gasteiger partial charge in [-0.15, -0.1) is 0 Å². The molecule has 1 atom stereocenters. The molecule has 8 heteroatoms. The normalized spacial score (nSPS) is 21.2. The molecule has 0 aromatic heterocycles. The van der Waals surface area contributed by atoms with Gasteiger partial charge in [0.2, 0.25) is 10.0 Å². The summed E-state index contributed by atoms with van der Waals surface area (Å²) in [7, 11) is -4.04. The van der Waals surface area contributed by atoms with Crippen molar-refractivity contribution in [3.63, 3.8) is 0 Å². The molecule has 1 unspecified atom stereocenters. The molecule has 6 nitrogen and oxygen atoms in total. The molecule has 0 N–H and O–H groups in total. The van der Waals surface area contributed by atoms with Gasteiger partial charge in [-0.3, -0.25) is 0 Å². The van der Waals surface area contributed by atoms with E-state index in [9.17, 15) is 16.8 Å². The zero-order chi connectivity index (χ0) is 15.6. The third kappa shape index (κ3) is 6.07. The van der Waals surface area contributed by atoms with Crippen LogP contribution in [-0.4, -0.2) is 77.0 Å². The van der Waals surface area contributed by atoms with Crippen molar-refractivity contribution in [1.29, 1.82) is 0 Å². The smallest absolute Gasteiger partial charge is 0.211 e. The van der Waals surface area contributed by atoms with Gasteiger partial charge in [-0.25, -0.2) is 21.1 Å². The molecule has 0 spiro atoms. The topological polar surface area (TPSA) is 74.8 Å². The standard InChI is InChI=1S/C12H26N2O4S2/c1-11(10-19(3,15)16)9-13(2)12-5-7-14(8-6-12)20(4,17)18/h11-12H,5-10H2,1-4H3. The first-order chi connectivity index (χ1) is 8.99. The predicted molar refractivity (Wildman–Crippen MR) is 80.9 cm³/mol. The van der Waals surface area contributed by atoms with Gasteiger partial charge >= 0.3 is 0 Å². The van der Waals surface area contributed by atoms with Crippen molar-refractivity contribution in [3.05, 3.63) is 0 Å². The predicted octanol–water partition coefficient (Wildman–Crippen LogP) is 0.0229. The van der Waals surface area contributed by atoms with E-state index < -0.39 is 19.9 Å². The van der Waals surface area contributed by atoms with Crippen LogP contribution in [-0.2, 0) is 19.9 Å². The fraction of sp³-hybridized carbons (Fsp3) is 1.00. The third-order valence-electron chi connectivity index (χ3n) is 3.70. The number of nitrogens with zero attached hydrogens (tertiary/aromatic N) is 2. The van der Waals surface area contributed by atoms with Crippen LogP contribution in [0.4, 0.5) is 0 Å². The van der Waals surface area contributed by atoms with Crippen LogP contribution in [0.1, 0.15) is 19.8 Å². The first kappa shape index (κ1) is 17.9. The minimum atomic E-state index is -3.09. The van der Waals surface area contributed by atoms with Gasteiger partial charge in [0.1, 0.15) is 9.84 Å². The molecule has 0 radical (unpaired) electrons. The minimum Gasteiger partial charge on any atom is -0.303 e. The molecule has 120 valence electrons. The van der Waals surface area contributed by atoms with E-state index in [4.69, 9.17) is 0 Å². The van der Waals surface area contributed by atoms with Gasteiger partial charge in [0.15, 0.2) is 0 Å². The second-order valence-corrected chi connectivity index (χ2v) is 10.2. The van der Waals surface area contributed by atoms with E-state index >= 15 is 0 Å². The van der Waals surface area contributed by atoms with Gasteiger partial charge in [0, 0.05) is 31.9 Å². The van der Waals surface area contributed by atoms with Crippen LogP contribution in [0.15, 0.2) is 0 Å². The summed E-state index contributed by atoms with van der Waals surface area (Å²) in [6.07, 6.45) is 4.10. The summed E-state index contributed by atoms with van der Waals surface area (Å²) in [4.78, 5) is 2.16. The Bertz CT molecular complexity index is 508. The Morgan fingerprint density at radius 2 is 1.65 bits per heavy atom. The summed E-state index contributed by atoms with van der Waals surface area (Å²) in [5.41, 5.74) is 0. The quantitative estimate of drug-likeness (QED) is 0.688. The van der Waals surface area contributed by atoms with Crippen LogP contribution < -0.4 is 0 Å². The Kier molecular flexibility index (Phi) is 6.01. The number of rotatable bonds is 6. The number of hydrogen-bond acceptors (Lipinski definition) is 5. The molecule has 0 amide bonds. The molecule has 0 bridgehead atoms. The van der Waals surface area contributed by atoms with E-state index in [0.717, 1.165) is 19.4 Å². The molecule has 0 aromatic rings. The van der Waals surface area contributed by atoms with E-state index in [1.165, 1.54) is 16.8 Å². The van der Waals surface area contributed by atoms with Gasteiger partial charge in [-0.05, 0) is 25.8 Å². The van der Waals surface area contributed by atoms with Crippen LogP contribution >= 0.6 is 0 Å². The zero-order valence-electron chi connectivity index (χ0n) is 12.7. The molecule has 0 aromatic carbocycles. The van der Waals surface area contributed by atoms with Crippen LogP contribution in [0, 0.1) is 5.92 Å². The molecule has 1 heterocycles. The first-order valence-electron chi connectivity index (χ1n) is 6.82. The Hall–Kier alpha value is -0.180. The molecule has 1 aliphatic heterocycles. The van der Waals surface area contributed by atoms with Gasteiger partial charge in [-0.2, -0.15) is 0 Å². The second kappa shape index (κ2) is 6.72. The number of sulfone groups is 1. The fourth-order valence-electron chi connectivity index (χ4n) is 2.82. The average Bonchev–Trinajstić information content (AvgIpc) is 2.25. The van der Waals surface area contributed by atoms with Gasteiger partial charge in [0.25, 0.3) is 0 Å². The van der Waals surface area contributed by atoms with Crippen molar-refractivity contribution in [1.82, 2.24) is 9.21 Å². The molecule has 1 rings (SSSR count). The number of sulfonamides is 1. The molecular formula is C12H26N2O4S2. The van der Waals surface area contributed by atoms with Crippen molar-refractivity contribution < 1.29 is 16.8 Å². The van der Waals surface area contributed by atoms with Crippen LogP contribution in [0.2, 0.25) is 0 Å². The van der Waals surface area contributed by atoms with Gasteiger partial charge in [-0.1, -0.05) is 6.92 Å². The lowest BCUT2D eigenvalue weighted by Gasteiger charge is -2.36. The Morgan fingerprint density at radius 1 is 1.15 bits per heavy atom. The maximum Gasteiger partial charge on any atom is 0.211 e. The van der Waals surface area contributed by atoms with E-state index in [-0.39, 0.29) is 11.7 Å². The summed E-state index contributed by atoms with van der Waals surface area (Å²) >= 11 is 0. The highest BCUT2D eigenvalue weighted by Crippen LogP contribution is 2.18. The van der Waals surface area contributed by atoms with Crippen molar-refractivity contribution >= 4 is 19.9 Å². The maximum atomic E-state index is 11.4. The molecule has 1 saturated heterocycles. The number of piperidine rings is 1. The van der Waals surface area contributed by atoms with Crippen molar-refractivity contribution in [3.8, 4) is 0 Å². The highest BCUT2D eigenvalue weighted by Gasteiger charge is 2.27. The summed E-state index contributed by atoms with van der Waals surface area (Å²) in [5.74, 6) is 0.280. The minimum absolute atomic E-state index is 0.0861. The highest BCUT2D eigenvalue weighted by molar-refractivity contribution is 7.90. The number of hydrogen-bond donors (Lipinski definition) is 0. The molecule has 1 aliphatic rings. The summed E-state index contributed by atoms with van der Waals surface area (Å²) in [5, 5.41) is 0. The monoisotopic (exact) mass is 326 g/mol. The van der Waals surface area contributed by atoms with Crippen molar-refractivity contribution in [2.75, 3.05) is 44.9 Å². The SMILES string of the molecule is CC(CN(C)C1CCN(S(C)(=O)=O)CC1)CS(C)(=O)=O. The Labute approximate surface area is 123 Å². The summed E-state index contributed by atoms with van der Waals surface area (Å²) in [6, 6.07) is 0.329. The second-order valence-electron chi connectivity index (χ2n) is 6.03. The molecule has 20 heavy (non-hydrogen) atoms. The van der Waals surface area contributed by atoms with E-state index in [0.29, 0.717) is 19.1 Å². The molecule has 0 saturated carbocycles. The molecule has 1 fully saturated rings. The van der Waals surface area contributed by atoms with Crippen LogP contribution in [0.5, 0.6) is 0 Å². The third-order valence-corrected chi connectivity index (χ3v) is 6.18. The molecule has 0 aliphatic carbocycles. The lowest BCUT2D eigenvalue weighted by atomic mass is 10.0. The van der Waals surface area contributed by atoms with Crippen LogP contribution in [0.25, 0.3) is 0 Å². The average molecular weight is 326 g/mol. The van der Waals surface area contributed by atoms with Gasteiger partial charge in [0.05, 0.1) is 12.0 Å².